The molecule has 4 heteroatoms. The second-order valence-electron chi connectivity index (χ2n) is 4.08. The Morgan fingerprint density at radius 1 is 1.19 bits per heavy atom. The quantitative estimate of drug-likeness (QED) is 0.822. The standard InChI is InChI=1S/C12H11N3O/c16-12(15-11-3-4-11)8-1-2-9-6-13-14-7-10(9)5-8/h1-2,5-7,11H,3-4H2,(H,15,16). The minimum atomic E-state index is 0.00112. The van der Waals surface area contributed by atoms with Crippen LogP contribution in [0.3, 0.4) is 0 Å². The molecule has 2 aromatic rings. The van der Waals surface area contributed by atoms with Gasteiger partial charge in [-0.25, -0.2) is 0 Å². The molecule has 1 amide bonds. The predicted octanol–water partition coefficient (Wildman–Crippen LogP) is 1.52. The van der Waals surface area contributed by atoms with Crippen molar-refractivity contribution in [3.63, 3.8) is 0 Å². The van der Waals surface area contributed by atoms with E-state index in [0.717, 1.165) is 23.6 Å². The molecule has 1 aliphatic carbocycles. The fraction of sp³-hybridized carbons (Fsp3) is 0.250. The van der Waals surface area contributed by atoms with Gasteiger partial charge in [0.25, 0.3) is 5.91 Å². The monoisotopic (exact) mass is 213 g/mol. The number of fused-ring (bicyclic) bond motifs is 1. The fourth-order valence-corrected chi connectivity index (χ4v) is 1.63. The number of hydrogen-bond donors (Lipinski definition) is 1. The van der Waals surface area contributed by atoms with Crippen LogP contribution in [0, 0.1) is 0 Å². The van der Waals surface area contributed by atoms with Gasteiger partial charge in [0.2, 0.25) is 0 Å². The zero-order valence-electron chi connectivity index (χ0n) is 8.68. The number of benzene rings is 1. The van der Waals surface area contributed by atoms with Crippen molar-refractivity contribution in [1.29, 1.82) is 0 Å². The molecule has 4 nitrogen and oxygen atoms in total. The van der Waals surface area contributed by atoms with Crippen LogP contribution in [0.15, 0.2) is 30.6 Å². The molecule has 0 spiro atoms. The average molecular weight is 213 g/mol. The Labute approximate surface area is 92.7 Å². The van der Waals surface area contributed by atoms with Crippen LogP contribution in [0.4, 0.5) is 0 Å². The summed E-state index contributed by atoms with van der Waals surface area (Å²) in [5.74, 6) is 0.00112. The molecular weight excluding hydrogens is 202 g/mol. The summed E-state index contributed by atoms with van der Waals surface area (Å²) < 4.78 is 0. The van der Waals surface area contributed by atoms with Crippen molar-refractivity contribution in [2.75, 3.05) is 0 Å². The maximum Gasteiger partial charge on any atom is 0.251 e. The van der Waals surface area contributed by atoms with Crippen molar-refractivity contribution in [2.45, 2.75) is 18.9 Å². The third kappa shape index (κ3) is 1.74. The van der Waals surface area contributed by atoms with Crippen LogP contribution in [0.25, 0.3) is 10.8 Å². The molecule has 1 fully saturated rings. The largest absolute Gasteiger partial charge is 0.349 e. The molecule has 1 aromatic carbocycles. The molecule has 0 atom stereocenters. The van der Waals surface area contributed by atoms with E-state index in [1.54, 1.807) is 12.4 Å². The first-order valence-corrected chi connectivity index (χ1v) is 5.34. The molecule has 0 aliphatic heterocycles. The summed E-state index contributed by atoms with van der Waals surface area (Å²) in [5.41, 5.74) is 0.687. The molecule has 0 unspecified atom stereocenters. The van der Waals surface area contributed by atoms with E-state index in [1.807, 2.05) is 18.2 Å². The van der Waals surface area contributed by atoms with Crippen LogP contribution in [0.2, 0.25) is 0 Å². The number of nitrogens with zero attached hydrogens (tertiary/aromatic N) is 2. The van der Waals surface area contributed by atoms with E-state index in [1.165, 1.54) is 0 Å². The highest BCUT2D eigenvalue weighted by Gasteiger charge is 2.23. The minimum absolute atomic E-state index is 0.00112. The maximum absolute atomic E-state index is 11.8. The van der Waals surface area contributed by atoms with Crippen LogP contribution in [-0.4, -0.2) is 22.1 Å². The van der Waals surface area contributed by atoms with E-state index >= 15 is 0 Å². The highest BCUT2D eigenvalue weighted by molar-refractivity contribution is 5.98. The highest BCUT2D eigenvalue weighted by Crippen LogP contribution is 2.20. The molecule has 80 valence electrons. The van der Waals surface area contributed by atoms with E-state index in [2.05, 4.69) is 15.5 Å². The molecule has 0 bridgehead atoms. The van der Waals surface area contributed by atoms with Crippen molar-refractivity contribution in [3.8, 4) is 0 Å². The topological polar surface area (TPSA) is 54.9 Å². The Morgan fingerprint density at radius 3 is 2.69 bits per heavy atom. The van der Waals surface area contributed by atoms with Gasteiger partial charge in [0, 0.05) is 22.4 Å². The lowest BCUT2D eigenvalue weighted by Crippen LogP contribution is -2.25. The number of carbonyl (C=O) groups excluding carboxylic acids is 1. The van der Waals surface area contributed by atoms with Gasteiger partial charge in [-0.1, -0.05) is 6.07 Å². The van der Waals surface area contributed by atoms with Gasteiger partial charge in [-0.3, -0.25) is 4.79 Å². The summed E-state index contributed by atoms with van der Waals surface area (Å²) in [6.45, 7) is 0. The first-order chi connectivity index (χ1) is 7.83. The molecule has 1 aromatic heterocycles. The first kappa shape index (κ1) is 9.27. The molecule has 3 rings (SSSR count). The van der Waals surface area contributed by atoms with Crippen LogP contribution in [-0.2, 0) is 0 Å². The number of amides is 1. The summed E-state index contributed by atoms with van der Waals surface area (Å²) in [6.07, 6.45) is 5.57. The summed E-state index contributed by atoms with van der Waals surface area (Å²) in [5, 5.41) is 12.5. The maximum atomic E-state index is 11.8. The first-order valence-electron chi connectivity index (χ1n) is 5.34. The van der Waals surface area contributed by atoms with Gasteiger partial charge >= 0.3 is 0 Å². The predicted molar refractivity (Wildman–Crippen MR) is 60.0 cm³/mol. The second-order valence-corrected chi connectivity index (χ2v) is 4.08. The summed E-state index contributed by atoms with van der Waals surface area (Å²) in [7, 11) is 0. The average Bonchev–Trinajstić information content (AvgIpc) is 3.12. The lowest BCUT2D eigenvalue weighted by Gasteiger charge is -2.04. The van der Waals surface area contributed by atoms with Gasteiger partial charge in [-0.05, 0) is 25.0 Å². The summed E-state index contributed by atoms with van der Waals surface area (Å²) >= 11 is 0. The van der Waals surface area contributed by atoms with Gasteiger partial charge in [0.05, 0.1) is 12.4 Å². The van der Waals surface area contributed by atoms with E-state index in [0.29, 0.717) is 11.6 Å². The molecule has 1 aliphatic rings. The van der Waals surface area contributed by atoms with Gasteiger partial charge in [0.15, 0.2) is 0 Å². The molecule has 0 saturated heterocycles. The summed E-state index contributed by atoms with van der Waals surface area (Å²) in [6, 6.07) is 5.95. The molecule has 16 heavy (non-hydrogen) atoms. The van der Waals surface area contributed by atoms with Crippen LogP contribution >= 0.6 is 0 Å². The van der Waals surface area contributed by atoms with Crippen molar-refractivity contribution < 1.29 is 4.79 Å². The van der Waals surface area contributed by atoms with E-state index < -0.39 is 0 Å². The van der Waals surface area contributed by atoms with E-state index in [-0.39, 0.29) is 5.91 Å². The zero-order chi connectivity index (χ0) is 11.0. The van der Waals surface area contributed by atoms with Crippen molar-refractivity contribution in [1.82, 2.24) is 15.5 Å². The lowest BCUT2D eigenvalue weighted by molar-refractivity contribution is 0.0951. The number of carbonyl (C=O) groups is 1. The van der Waals surface area contributed by atoms with Crippen LogP contribution in [0.5, 0.6) is 0 Å². The zero-order valence-corrected chi connectivity index (χ0v) is 8.68. The van der Waals surface area contributed by atoms with Crippen molar-refractivity contribution >= 4 is 16.7 Å². The molecule has 1 heterocycles. The number of hydrogen-bond acceptors (Lipinski definition) is 3. The highest BCUT2D eigenvalue weighted by atomic mass is 16.1. The molecule has 0 radical (unpaired) electrons. The van der Waals surface area contributed by atoms with E-state index in [9.17, 15) is 4.79 Å². The molecule has 1 saturated carbocycles. The number of nitrogens with one attached hydrogen (secondary N) is 1. The number of rotatable bonds is 2. The van der Waals surface area contributed by atoms with Crippen molar-refractivity contribution in [2.24, 2.45) is 0 Å². The fourth-order valence-electron chi connectivity index (χ4n) is 1.63. The van der Waals surface area contributed by atoms with Crippen LogP contribution < -0.4 is 5.32 Å². The molecule has 1 N–H and O–H groups in total. The van der Waals surface area contributed by atoms with Crippen molar-refractivity contribution in [3.05, 3.63) is 36.2 Å². The smallest absolute Gasteiger partial charge is 0.251 e. The van der Waals surface area contributed by atoms with Crippen LogP contribution in [0.1, 0.15) is 23.2 Å². The van der Waals surface area contributed by atoms with Gasteiger partial charge in [-0.15, -0.1) is 0 Å². The Morgan fingerprint density at radius 2 is 1.94 bits per heavy atom. The van der Waals surface area contributed by atoms with Gasteiger partial charge < -0.3 is 5.32 Å². The Kier molecular flexibility index (Phi) is 2.06. The lowest BCUT2D eigenvalue weighted by atomic mass is 10.1. The minimum Gasteiger partial charge on any atom is -0.349 e. The van der Waals surface area contributed by atoms with Gasteiger partial charge in [-0.2, -0.15) is 10.2 Å². The summed E-state index contributed by atoms with van der Waals surface area (Å²) in [4.78, 5) is 11.8. The SMILES string of the molecule is O=C(NC1CC1)c1ccc2cnncc2c1. The Hall–Kier alpha value is -1.97. The third-order valence-corrected chi connectivity index (χ3v) is 2.72. The Bertz CT molecular complexity index is 549. The van der Waals surface area contributed by atoms with E-state index in [4.69, 9.17) is 0 Å². The second kappa shape index (κ2) is 3.56. The molecular formula is C12H11N3O. The third-order valence-electron chi connectivity index (χ3n) is 2.72. The normalized spacial score (nSPS) is 15.0. The Balaban J connectivity index is 1.94. The van der Waals surface area contributed by atoms with Gasteiger partial charge in [0.1, 0.15) is 0 Å². The number of aromatic nitrogens is 2.